The first kappa shape index (κ1) is 15.6. The fourth-order valence-corrected chi connectivity index (χ4v) is 2.78. The quantitative estimate of drug-likeness (QED) is 0.678. The standard InChI is InChI=1S/C15H18BrN3O2/c1-4-11-13(16)12(19(3)18-11)8-21-15(20)10-7-5-6-9(2)14(10)17/h5-7H,4,8,17H2,1-3H3. The first-order valence-corrected chi connectivity index (χ1v) is 7.47. The van der Waals surface area contributed by atoms with E-state index in [2.05, 4.69) is 21.0 Å². The molecule has 0 unspecified atom stereocenters. The van der Waals surface area contributed by atoms with E-state index in [1.807, 2.05) is 27.0 Å². The second kappa shape index (κ2) is 6.30. The first-order chi connectivity index (χ1) is 9.95. The van der Waals surface area contributed by atoms with Crippen LogP contribution in [-0.4, -0.2) is 15.7 Å². The minimum atomic E-state index is -0.428. The summed E-state index contributed by atoms with van der Waals surface area (Å²) in [4.78, 5) is 12.1. The molecule has 1 aromatic carbocycles. The number of rotatable bonds is 4. The topological polar surface area (TPSA) is 70.1 Å². The fourth-order valence-electron chi connectivity index (χ4n) is 2.05. The molecule has 112 valence electrons. The van der Waals surface area contributed by atoms with Gasteiger partial charge in [0.2, 0.25) is 0 Å². The highest BCUT2D eigenvalue weighted by atomic mass is 79.9. The van der Waals surface area contributed by atoms with Gasteiger partial charge in [0, 0.05) is 12.7 Å². The van der Waals surface area contributed by atoms with E-state index in [1.165, 1.54) is 0 Å². The van der Waals surface area contributed by atoms with Gasteiger partial charge in [0.05, 0.1) is 21.4 Å². The molecule has 5 nitrogen and oxygen atoms in total. The molecule has 0 saturated carbocycles. The molecule has 0 aliphatic heterocycles. The highest BCUT2D eigenvalue weighted by Crippen LogP contribution is 2.23. The van der Waals surface area contributed by atoms with Crippen LogP contribution in [0.15, 0.2) is 22.7 Å². The van der Waals surface area contributed by atoms with Gasteiger partial charge in [-0.15, -0.1) is 0 Å². The summed E-state index contributed by atoms with van der Waals surface area (Å²) in [5.74, 6) is -0.428. The number of halogens is 1. The largest absolute Gasteiger partial charge is 0.455 e. The highest BCUT2D eigenvalue weighted by Gasteiger charge is 2.17. The number of nitrogen functional groups attached to an aromatic ring is 1. The van der Waals surface area contributed by atoms with Crippen molar-refractivity contribution in [3.05, 3.63) is 45.2 Å². The summed E-state index contributed by atoms with van der Waals surface area (Å²) in [6, 6.07) is 5.31. The van der Waals surface area contributed by atoms with Crippen molar-refractivity contribution in [1.82, 2.24) is 9.78 Å². The SMILES string of the molecule is CCc1nn(C)c(COC(=O)c2cccc(C)c2N)c1Br. The molecule has 1 aromatic heterocycles. The van der Waals surface area contributed by atoms with Gasteiger partial charge in [-0.25, -0.2) is 4.79 Å². The van der Waals surface area contributed by atoms with E-state index in [9.17, 15) is 4.79 Å². The number of anilines is 1. The molecule has 1 heterocycles. The zero-order valence-electron chi connectivity index (χ0n) is 12.3. The molecule has 0 spiro atoms. The molecule has 6 heteroatoms. The van der Waals surface area contributed by atoms with Crippen molar-refractivity contribution in [3.8, 4) is 0 Å². The van der Waals surface area contributed by atoms with E-state index in [0.29, 0.717) is 11.3 Å². The molecule has 0 atom stereocenters. The maximum Gasteiger partial charge on any atom is 0.340 e. The normalized spacial score (nSPS) is 10.7. The van der Waals surface area contributed by atoms with Crippen molar-refractivity contribution < 1.29 is 9.53 Å². The van der Waals surface area contributed by atoms with Crippen molar-refractivity contribution in [2.45, 2.75) is 26.9 Å². The van der Waals surface area contributed by atoms with Crippen molar-refractivity contribution in [1.29, 1.82) is 0 Å². The van der Waals surface area contributed by atoms with Crippen LogP contribution >= 0.6 is 15.9 Å². The zero-order valence-corrected chi connectivity index (χ0v) is 13.9. The Morgan fingerprint density at radius 1 is 1.48 bits per heavy atom. The number of aryl methyl sites for hydroxylation is 3. The minimum absolute atomic E-state index is 0.149. The van der Waals surface area contributed by atoms with Crippen LogP contribution in [0.2, 0.25) is 0 Å². The lowest BCUT2D eigenvalue weighted by Gasteiger charge is -2.09. The van der Waals surface area contributed by atoms with E-state index < -0.39 is 5.97 Å². The summed E-state index contributed by atoms with van der Waals surface area (Å²) in [6.07, 6.45) is 0.813. The molecular formula is C15H18BrN3O2. The van der Waals surface area contributed by atoms with Crippen LogP contribution < -0.4 is 5.73 Å². The van der Waals surface area contributed by atoms with Gasteiger partial charge in [0.1, 0.15) is 6.61 Å². The van der Waals surface area contributed by atoms with Crippen LogP contribution in [0.5, 0.6) is 0 Å². The number of ether oxygens (including phenoxy) is 1. The third-order valence-electron chi connectivity index (χ3n) is 3.39. The molecule has 0 bridgehead atoms. The van der Waals surface area contributed by atoms with E-state index in [4.69, 9.17) is 10.5 Å². The Labute approximate surface area is 132 Å². The first-order valence-electron chi connectivity index (χ1n) is 6.68. The number of hydrogen-bond acceptors (Lipinski definition) is 4. The molecule has 0 amide bonds. The average molecular weight is 352 g/mol. The average Bonchev–Trinajstić information content (AvgIpc) is 2.74. The summed E-state index contributed by atoms with van der Waals surface area (Å²) in [5, 5.41) is 4.36. The molecule has 21 heavy (non-hydrogen) atoms. The summed E-state index contributed by atoms with van der Waals surface area (Å²) >= 11 is 3.50. The van der Waals surface area contributed by atoms with Gasteiger partial charge in [-0.1, -0.05) is 19.1 Å². The van der Waals surface area contributed by atoms with Crippen molar-refractivity contribution in [2.75, 3.05) is 5.73 Å². The van der Waals surface area contributed by atoms with Crippen molar-refractivity contribution in [2.24, 2.45) is 7.05 Å². The van der Waals surface area contributed by atoms with Crippen LogP contribution in [0.25, 0.3) is 0 Å². The fraction of sp³-hybridized carbons (Fsp3) is 0.333. The Morgan fingerprint density at radius 3 is 2.81 bits per heavy atom. The Morgan fingerprint density at radius 2 is 2.19 bits per heavy atom. The lowest BCUT2D eigenvalue weighted by molar-refractivity contribution is 0.0464. The van der Waals surface area contributed by atoms with Crippen LogP contribution in [-0.2, 0) is 24.8 Å². The maximum atomic E-state index is 12.1. The van der Waals surface area contributed by atoms with Gasteiger partial charge < -0.3 is 10.5 Å². The van der Waals surface area contributed by atoms with Crippen LogP contribution in [0.1, 0.15) is 34.2 Å². The van der Waals surface area contributed by atoms with E-state index in [0.717, 1.165) is 27.8 Å². The maximum absolute atomic E-state index is 12.1. The summed E-state index contributed by atoms with van der Waals surface area (Å²) < 4.78 is 7.96. The minimum Gasteiger partial charge on any atom is -0.455 e. The molecule has 0 saturated heterocycles. The third-order valence-corrected chi connectivity index (χ3v) is 4.30. The summed E-state index contributed by atoms with van der Waals surface area (Å²) in [5.41, 5.74) is 9.39. The Hall–Kier alpha value is -1.82. The number of nitrogens with zero attached hydrogens (tertiary/aromatic N) is 2. The Balaban J connectivity index is 2.15. The predicted octanol–water partition coefficient (Wildman–Crippen LogP) is 2.99. The summed E-state index contributed by atoms with van der Waals surface area (Å²) in [7, 11) is 1.83. The Kier molecular flexibility index (Phi) is 4.67. The number of hydrogen-bond donors (Lipinski definition) is 1. The van der Waals surface area contributed by atoms with Gasteiger partial charge in [-0.2, -0.15) is 5.10 Å². The zero-order chi connectivity index (χ0) is 15.6. The predicted molar refractivity (Wildman–Crippen MR) is 85.0 cm³/mol. The second-order valence-corrected chi connectivity index (χ2v) is 5.59. The lowest BCUT2D eigenvalue weighted by atomic mass is 10.1. The number of esters is 1. The van der Waals surface area contributed by atoms with Crippen molar-refractivity contribution >= 4 is 27.6 Å². The van der Waals surface area contributed by atoms with Crippen LogP contribution in [0.3, 0.4) is 0 Å². The van der Waals surface area contributed by atoms with Gasteiger partial charge in [0.15, 0.2) is 0 Å². The number of para-hydroxylation sites is 1. The van der Waals surface area contributed by atoms with Crippen LogP contribution in [0.4, 0.5) is 5.69 Å². The molecule has 0 aliphatic carbocycles. The van der Waals surface area contributed by atoms with E-state index in [1.54, 1.807) is 16.8 Å². The van der Waals surface area contributed by atoms with Crippen LogP contribution in [0, 0.1) is 6.92 Å². The molecule has 0 fully saturated rings. The number of carbonyl (C=O) groups excluding carboxylic acids is 1. The van der Waals surface area contributed by atoms with Crippen molar-refractivity contribution in [3.63, 3.8) is 0 Å². The second-order valence-electron chi connectivity index (χ2n) is 4.80. The lowest BCUT2D eigenvalue weighted by Crippen LogP contribution is -2.11. The number of benzene rings is 1. The molecule has 2 rings (SSSR count). The van der Waals surface area contributed by atoms with Gasteiger partial charge >= 0.3 is 5.97 Å². The highest BCUT2D eigenvalue weighted by molar-refractivity contribution is 9.10. The molecule has 0 aliphatic rings. The smallest absolute Gasteiger partial charge is 0.340 e. The molecular weight excluding hydrogens is 334 g/mol. The number of nitrogens with two attached hydrogens (primary N) is 1. The summed E-state index contributed by atoms with van der Waals surface area (Å²) in [6.45, 7) is 4.03. The van der Waals surface area contributed by atoms with Gasteiger partial charge in [-0.3, -0.25) is 4.68 Å². The number of aromatic nitrogens is 2. The van der Waals surface area contributed by atoms with Gasteiger partial charge in [0.25, 0.3) is 0 Å². The Bertz CT molecular complexity index is 680. The van der Waals surface area contributed by atoms with Gasteiger partial charge in [-0.05, 0) is 40.9 Å². The molecule has 2 N–H and O–H groups in total. The third kappa shape index (κ3) is 3.10. The van der Waals surface area contributed by atoms with E-state index in [-0.39, 0.29) is 6.61 Å². The van der Waals surface area contributed by atoms with E-state index >= 15 is 0 Å². The monoisotopic (exact) mass is 351 g/mol. The molecule has 2 aromatic rings. The molecule has 0 radical (unpaired) electrons. The number of carbonyl (C=O) groups is 1.